The van der Waals surface area contributed by atoms with Gasteiger partial charge in [-0.1, -0.05) is 13.8 Å². The number of hydrogen-bond donors (Lipinski definition) is 3. The summed E-state index contributed by atoms with van der Waals surface area (Å²) in [5.41, 5.74) is -0.0441. The Morgan fingerprint density at radius 1 is 1.44 bits per heavy atom. The van der Waals surface area contributed by atoms with E-state index >= 15 is 0 Å². The van der Waals surface area contributed by atoms with Crippen molar-refractivity contribution in [1.29, 1.82) is 0 Å². The molecule has 3 N–H and O–H groups in total. The second-order valence-corrected chi connectivity index (χ2v) is 4.86. The highest BCUT2D eigenvalue weighted by Gasteiger charge is 2.49. The van der Waals surface area contributed by atoms with Crippen LogP contribution >= 0.6 is 12.4 Å². The fraction of sp³-hybridized carbons (Fsp3) is 0.909. The molecule has 16 heavy (non-hydrogen) atoms. The largest absolute Gasteiger partial charge is 0.392 e. The number of aliphatic hydroxyl groups excluding tert-OH is 1. The van der Waals surface area contributed by atoms with Gasteiger partial charge in [0.05, 0.1) is 12.6 Å². The van der Waals surface area contributed by atoms with Gasteiger partial charge >= 0.3 is 0 Å². The van der Waals surface area contributed by atoms with Crippen molar-refractivity contribution in [1.82, 2.24) is 10.6 Å². The van der Waals surface area contributed by atoms with Crippen LogP contribution in [0, 0.1) is 11.3 Å². The fourth-order valence-corrected chi connectivity index (χ4v) is 1.94. The summed E-state index contributed by atoms with van der Waals surface area (Å²) in [6.45, 7) is 4.97. The molecule has 1 unspecified atom stereocenters. The molecule has 0 aromatic rings. The minimum absolute atomic E-state index is 0. The van der Waals surface area contributed by atoms with Crippen LogP contribution in [0.3, 0.4) is 0 Å². The first-order valence-corrected chi connectivity index (χ1v) is 5.61. The predicted molar refractivity (Wildman–Crippen MR) is 66.7 cm³/mol. The lowest BCUT2D eigenvalue weighted by molar-refractivity contribution is -0.120. The summed E-state index contributed by atoms with van der Waals surface area (Å²) in [7, 11) is 1.75. The molecule has 1 fully saturated rings. The molecule has 0 aromatic heterocycles. The number of rotatable bonds is 6. The number of carbonyl (C=O) groups is 1. The maximum absolute atomic E-state index is 11.3. The van der Waals surface area contributed by atoms with E-state index in [9.17, 15) is 9.90 Å². The normalized spacial score (nSPS) is 18.8. The SMILES string of the molecule is CNCC(=O)NCC1(C(O)C(C)C)CC1.Cl. The Labute approximate surface area is 104 Å². The molecule has 4 nitrogen and oxygen atoms in total. The van der Waals surface area contributed by atoms with Crippen molar-refractivity contribution in [2.24, 2.45) is 11.3 Å². The van der Waals surface area contributed by atoms with Gasteiger partial charge in [0.1, 0.15) is 0 Å². The summed E-state index contributed by atoms with van der Waals surface area (Å²) >= 11 is 0. The van der Waals surface area contributed by atoms with E-state index in [-0.39, 0.29) is 35.8 Å². The highest BCUT2D eigenvalue weighted by atomic mass is 35.5. The summed E-state index contributed by atoms with van der Waals surface area (Å²) in [6, 6.07) is 0. The van der Waals surface area contributed by atoms with Gasteiger partial charge < -0.3 is 15.7 Å². The van der Waals surface area contributed by atoms with Crippen molar-refractivity contribution in [3.63, 3.8) is 0 Å². The third-order valence-electron chi connectivity index (χ3n) is 3.13. The second-order valence-electron chi connectivity index (χ2n) is 4.86. The molecular weight excluding hydrogens is 228 g/mol. The summed E-state index contributed by atoms with van der Waals surface area (Å²) < 4.78 is 0. The number of carbonyl (C=O) groups excluding carboxylic acids is 1. The Kier molecular flexibility index (Phi) is 6.30. The summed E-state index contributed by atoms with van der Waals surface area (Å²) in [6.07, 6.45) is 1.74. The first kappa shape index (κ1) is 15.7. The van der Waals surface area contributed by atoms with Crippen LogP contribution in [0.1, 0.15) is 26.7 Å². The minimum Gasteiger partial charge on any atom is -0.392 e. The average molecular weight is 251 g/mol. The van der Waals surface area contributed by atoms with Gasteiger partial charge in [-0.3, -0.25) is 4.79 Å². The number of amides is 1. The third-order valence-corrected chi connectivity index (χ3v) is 3.13. The van der Waals surface area contributed by atoms with Gasteiger partial charge in [-0.15, -0.1) is 12.4 Å². The molecule has 0 aromatic carbocycles. The zero-order valence-electron chi connectivity index (χ0n) is 10.2. The van der Waals surface area contributed by atoms with E-state index in [2.05, 4.69) is 10.6 Å². The van der Waals surface area contributed by atoms with E-state index in [4.69, 9.17) is 0 Å². The smallest absolute Gasteiger partial charge is 0.233 e. The van der Waals surface area contributed by atoms with E-state index in [1.54, 1.807) is 7.05 Å². The molecule has 1 saturated carbocycles. The van der Waals surface area contributed by atoms with Crippen LogP contribution in [-0.4, -0.2) is 37.3 Å². The van der Waals surface area contributed by atoms with Crippen LogP contribution in [0.25, 0.3) is 0 Å². The van der Waals surface area contributed by atoms with Gasteiger partial charge in [0.2, 0.25) is 5.91 Å². The molecule has 0 aliphatic heterocycles. The van der Waals surface area contributed by atoms with Gasteiger partial charge in [0.15, 0.2) is 0 Å². The van der Waals surface area contributed by atoms with Crippen LogP contribution in [-0.2, 0) is 4.79 Å². The Hall–Kier alpha value is -0.320. The van der Waals surface area contributed by atoms with Crippen LogP contribution < -0.4 is 10.6 Å². The zero-order chi connectivity index (χ0) is 11.5. The Bertz CT molecular complexity index is 230. The molecule has 1 atom stereocenters. The quantitative estimate of drug-likeness (QED) is 0.645. The maximum Gasteiger partial charge on any atom is 0.233 e. The molecule has 1 aliphatic rings. The van der Waals surface area contributed by atoms with Gasteiger partial charge in [0, 0.05) is 12.0 Å². The number of likely N-dealkylation sites (N-methyl/N-ethyl adjacent to an activating group) is 1. The number of nitrogens with one attached hydrogen (secondary N) is 2. The van der Waals surface area contributed by atoms with Crippen molar-refractivity contribution >= 4 is 18.3 Å². The molecule has 1 amide bonds. The van der Waals surface area contributed by atoms with Crippen LogP contribution in [0.15, 0.2) is 0 Å². The minimum atomic E-state index is -0.299. The highest BCUT2D eigenvalue weighted by molar-refractivity contribution is 5.85. The van der Waals surface area contributed by atoms with E-state index in [0.29, 0.717) is 13.1 Å². The van der Waals surface area contributed by atoms with Gasteiger partial charge in [-0.05, 0) is 25.8 Å². The van der Waals surface area contributed by atoms with Gasteiger partial charge in [0.25, 0.3) is 0 Å². The third kappa shape index (κ3) is 3.92. The van der Waals surface area contributed by atoms with E-state index in [1.165, 1.54) is 0 Å². The second kappa shape index (κ2) is 6.42. The monoisotopic (exact) mass is 250 g/mol. The lowest BCUT2D eigenvalue weighted by Crippen LogP contribution is -2.41. The van der Waals surface area contributed by atoms with Crippen molar-refractivity contribution in [3.05, 3.63) is 0 Å². The Morgan fingerprint density at radius 3 is 2.38 bits per heavy atom. The topological polar surface area (TPSA) is 61.4 Å². The van der Waals surface area contributed by atoms with E-state index < -0.39 is 0 Å². The van der Waals surface area contributed by atoms with Crippen molar-refractivity contribution in [2.45, 2.75) is 32.8 Å². The van der Waals surface area contributed by atoms with Crippen LogP contribution in [0.4, 0.5) is 0 Å². The average Bonchev–Trinajstić information content (AvgIpc) is 2.95. The molecule has 0 spiro atoms. The first-order valence-electron chi connectivity index (χ1n) is 5.61. The zero-order valence-corrected chi connectivity index (χ0v) is 11.1. The van der Waals surface area contributed by atoms with Crippen LogP contribution in [0.5, 0.6) is 0 Å². The van der Waals surface area contributed by atoms with Crippen molar-refractivity contribution in [3.8, 4) is 0 Å². The molecule has 0 radical (unpaired) electrons. The van der Waals surface area contributed by atoms with Crippen molar-refractivity contribution < 1.29 is 9.90 Å². The predicted octanol–water partition coefficient (Wildman–Crippen LogP) is 0.541. The Balaban J connectivity index is 0.00000225. The molecule has 1 rings (SSSR count). The number of halogens is 1. The lowest BCUT2D eigenvalue weighted by atomic mass is 9.90. The number of aliphatic hydroxyl groups is 1. The molecule has 5 heteroatoms. The van der Waals surface area contributed by atoms with E-state index in [1.807, 2.05) is 13.8 Å². The highest BCUT2D eigenvalue weighted by Crippen LogP contribution is 2.50. The van der Waals surface area contributed by atoms with E-state index in [0.717, 1.165) is 12.8 Å². The molecular formula is C11H23ClN2O2. The lowest BCUT2D eigenvalue weighted by Gasteiger charge is -2.25. The standard InChI is InChI=1S/C11H22N2O2.ClH/c1-8(2)10(15)11(4-5-11)7-13-9(14)6-12-3;/h8,10,12,15H,4-7H2,1-3H3,(H,13,14);1H. The molecule has 0 bridgehead atoms. The molecule has 96 valence electrons. The summed E-state index contributed by atoms with van der Waals surface area (Å²) in [5, 5.41) is 15.7. The summed E-state index contributed by atoms with van der Waals surface area (Å²) in [4.78, 5) is 11.3. The molecule has 0 heterocycles. The Morgan fingerprint density at radius 2 is 2.00 bits per heavy atom. The maximum atomic E-state index is 11.3. The van der Waals surface area contributed by atoms with Gasteiger partial charge in [-0.25, -0.2) is 0 Å². The molecule has 0 saturated heterocycles. The van der Waals surface area contributed by atoms with Crippen molar-refractivity contribution in [2.75, 3.05) is 20.1 Å². The number of hydrogen-bond acceptors (Lipinski definition) is 3. The summed E-state index contributed by atoms with van der Waals surface area (Å²) in [5.74, 6) is 0.258. The molecule has 1 aliphatic carbocycles. The fourth-order valence-electron chi connectivity index (χ4n) is 1.94. The first-order chi connectivity index (χ1) is 7.02. The van der Waals surface area contributed by atoms with Crippen LogP contribution in [0.2, 0.25) is 0 Å². The van der Waals surface area contributed by atoms with Gasteiger partial charge in [-0.2, -0.15) is 0 Å².